The van der Waals surface area contributed by atoms with Gasteiger partial charge in [0.05, 0.1) is 19.1 Å². The number of ether oxygens (including phenoxy) is 1. The summed E-state index contributed by atoms with van der Waals surface area (Å²) >= 11 is 0. The van der Waals surface area contributed by atoms with Crippen molar-refractivity contribution in [3.05, 3.63) is 59.7 Å². The highest BCUT2D eigenvalue weighted by atomic mass is 16.5. The van der Waals surface area contributed by atoms with Gasteiger partial charge in [-0.25, -0.2) is 0 Å². The lowest BCUT2D eigenvalue weighted by Crippen LogP contribution is -2.37. The fourth-order valence-electron chi connectivity index (χ4n) is 3.34. The number of benzene rings is 2. The molecule has 5 heteroatoms. The molecule has 1 amide bonds. The van der Waals surface area contributed by atoms with Crippen LogP contribution in [0.1, 0.15) is 41.8 Å². The van der Waals surface area contributed by atoms with Gasteiger partial charge in [0, 0.05) is 24.4 Å². The van der Waals surface area contributed by atoms with Gasteiger partial charge in [0.2, 0.25) is 5.91 Å². The fourth-order valence-corrected chi connectivity index (χ4v) is 3.34. The Balaban J connectivity index is 1.83. The lowest BCUT2D eigenvalue weighted by atomic mass is 9.89. The summed E-state index contributed by atoms with van der Waals surface area (Å²) in [7, 11) is 3.31. The molecule has 1 N–H and O–H groups in total. The van der Waals surface area contributed by atoms with Crippen molar-refractivity contribution in [3.8, 4) is 5.75 Å². The van der Waals surface area contributed by atoms with E-state index < -0.39 is 12.0 Å². The third-order valence-electron chi connectivity index (χ3n) is 5.19. The van der Waals surface area contributed by atoms with Crippen LogP contribution in [0.15, 0.2) is 48.5 Å². The number of anilines is 1. The SMILES string of the molecule is COc1cccc(N(C)C(=O)[C@H](C2CC2)[C@H](O)c2ccc(C(C)=O)cc2)c1. The maximum atomic E-state index is 13.2. The largest absolute Gasteiger partial charge is 0.497 e. The summed E-state index contributed by atoms with van der Waals surface area (Å²) in [5.74, 6) is 0.199. The Morgan fingerprint density at radius 1 is 1.15 bits per heavy atom. The summed E-state index contributed by atoms with van der Waals surface area (Å²) < 4.78 is 5.24. The number of methoxy groups -OCH3 is 1. The van der Waals surface area contributed by atoms with Gasteiger partial charge in [-0.1, -0.05) is 30.3 Å². The van der Waals surface area contributed by atoms with Crippen LogP contribution in [0.3, 0.4) is 0 Å². The molecule has 27 heavy (non-hydrogen) atoms. The maximum absolute atomic E-state index is 13.2. The summed E-state index contributed by atoms with van der Waals surface area (Å²) in [5, 5.41) is 10.9. The van der Waals surface area contributed by atoms with Crippen LogP contribution in [0.2, 0.25) is 0 Å². The third-order valence-corrected chi connectivity index (χ3v) is 5.19. The Morgan fingerprint density at radius 2 is 1.81 bits per heavy atom. The topological polar surface area (TPSA) is 66.8 Å². The van der Waals surface area contributed by atoms with Crippen molar-refractivity contribution in [1.29, 1.82) is 0 Å². The molecule has 1 aliphatic rings. The number of rotatable bonds is 7. The van der Waals surface area contributed by atoms with E-state index >= 15 is 0 Å². The third kappa shape index (κ3) is 4.19. The molecule has 1 fully saturated rings. The highest BCUT2D eigenvalue weighted by Gasteiger charge is 2.42. The highest BCUT2D eigenvalue weighted by molar-refractivity contribution is 5.96. The van der Waals surface area contributed by atoms with E-state index in [0.29, 0.717) is 16.9 Å². The van der Waals surface area contributed by atoms with Gasteiger partial charge in [-0.3, -0.25) is 9.59 Å². The average Bonchev–Trinajstić information content (AvgIpc) is 3.52. The van der Waals surface area contributed by atoms with E-state index in [2.05, 4.69) is 0 Å². The van der Waals surface area contributed by atoms with Crippen molar-refractivity contribution in [3.63, 3.8) is 0 Å². The zero-order valence-electron chi connectivity index (χ0n) is 15.9. The molecule has 1 saturated carbocycles. The number of nitrogens with zero attached hydrogens (tertiary/aromatic N) is 1. The maximum Gasteiger partial charge on any atom is 0.233 e. The zero-order chi connectivity index (χ0) is 19.6. The number of carbonyl (C=O) groups is 2. The van der Waals surface area contributed by atoms with Crippen LogP contribution in [0.5, 0.6) is 5.75 Å². The number of aliphatic hydroxyl groups excluding tert-OH is 1. The number of carbonyl (C=O) groups excluding carboxylic acids is 2. The van der Waals surface area contributed by atoms with Crippen molar-refractivity contribution >= 4 is 17.4 Å². The van der Waals surface area contributed by atoms with Crippen LogP contribution >= 0.6 is 0 Å². The summed E-state index contributed by atoms with van der Waals surface area (Å²) in [6.45, 7) is 1.51. The van der Waals surface area contributed by atoms with Gasteiger partial charge in [-0.05, 0) is 43.4 Å². The molecule has 0 heterocycles. The second-order valence-corrected chi connectivity index (χ2v) is 7.08. The van der Waals surface area contributed by atoms with Gasteiger partial charge >= 0.3 is 0 Å². The molecule has 2 aromatic carbocycles. The summed E-state index contributed by atoms with van der Waals surface area (Å²) in [6.07, 6.45) is 0.967. The fraction of sp³-hybridized carbons (Fsp3) is 0.364. The molecule has 0 bridgehead atoms. The number of aliphatic hydroxyl groups is 1. The second kappa shape index (κ2) is 7.92. The average molecular weight is 367 g/mol. The standard InChI is InChI=1S/C22H25NO4/c1-14(24)15-7-11-17(12-8-15)21(25)20(16-9-10-16)22(26)23(2)18-5-4-6-19(13-18)27-3/h4-8,11-13,16,20-21,25H,9-10H2,1-3H3/t20-,21-/m1/s1. The molecule has 0 saturated heterocycles. The Hall–Kier alpha value is -2.66. The minimum atomic E-state index is -0.904. The van der Waals surface area contributed by atoms with Gasteiger partial charge in [0.25, 0.3) is 0 Å². The van der Waals surface area contributed by atoms with Crippen LogP contribution in [-0.2, 0) is 4.79 Å². The van der Waals surface area contributed by atoms with E-state index in [1.807, 2.05) is 18.2 Å². The van der Waals surface area contributed by atoms with Gasteiger partial charge in [0.1, 0.15) is 5.75 Å². The molecule has 142 valence electrons. The molecule has 3 rings (SSSR count). The first-order chi connectivity index (χ1) is 12.9. The van der Waals surface area contributed by atoms with Gasteiger partial charge in [0.15, 0.2) is 5.78 Å². The van der Waals surface area contributed by atoms with E-state index in [1.165, 1.54) is 6.92 Å². The second-order valence-electron chi connectivity index (χ2n) is 7.08. The number of Topliss-reactive ketones (excluding diaryl/α,β-unsaturated/α-hetero) is 1. The molecule has 0 aromatic heterocycles. The smallest absolute Gasteiger partial charge is 0.233 e. The Kier molecular flexibility index (Phi) is 5.61. The van der Waals surface area contributed by atoms with E-state index in [1.54, 1.807) is 49.4 Å². The monoisotopic (exact) mass is 367 g/mol. The Labute approximate surface area is 159 Å². The summed E-state index contributed by atoms with van der Waals surface area (Å²) in [4.78, 5) is 26.2. The molecule has 0 spiro atoms. The molecule has 0 unspecified atom stereocenters. The van der Waals surface area contributed by atoms with Crippen LogP contribution < -0.4 is 9.64 Å². The molecule has 5 nitrogen and oxygen atoms in total. The molecular weight excluding hydrogens is 342 g/mol. The van der Waals surface area contributed by atoms with Gasteiger partial charge in [-0.15, -0.1) is 0 Å². The van der Waals surface area contributed by atoms with Crippen molar-refractivity contribution in [2.24, 2.45) is 11.8 Å². The summed E-state index contributed by atoms with van der Waals surface area (Å²) in [5.41, 5.74) is 1.97. The minimum Gasteiger partial charge on any atom is -0.497 e. The van der Waals surface area contributed by atoms with Crippen molar-refractivity contribution in [2.75, 3.05) is 19.1 Å². The lowest BCUT2D eigenvalue weighted by Gasteiger charge is -2.28. The Bertz CT molecular complexity index is 826. The molecule has 0 radical (unpaired) electrons. The predicted molar refractivity (Wildman–Crippen MR) is 104 cm³/mol. The van der Waals surface area contributed by atoms with E-state index in [-0.39, 0.29) is 17.6 Å². The van der Waals surface area contributed by atoms with Crippen molar-refractivity contribution < 1.29 is 19.4 Å². The molecule has 2 atom stereocenters. The van der Waals surface area contributed by atoms with Crippen LogP contribution in [-0.4, -0.2) is 31.0 Å². The van der Waals surface area contributed by atoms with Crippen molar-refractivity contribution in [1.82, 2.24) is 0 Å². The number of hydrogen-bond acceptors (Lipinski definition) is 4. The highest BCUT2D eigenvalue weighted by Crippen LogP contribution is 2.44. The van der Waals surface area contributed by atoms with Gasteiger partial charge < -0.3 is 14.7 Å². The number of amides is 1. The Morgan fingerprint density at radius 3 is 2.37 bits per heavy atom. The first-order valence-corrected chi connectivity index (χ1v) is 9.13. The number of ketones is 1. The molecular formula is C22H25NO4. The van der Waals surface area contributed by atoms with E-state index in [9.17, 15) is 14.7 Å². The first kappa shape index (κ1) is 19.1. The minimum absolute atomic E-state index is 0.0244. The summed E-state index contributed by atoms with van der Waals surface area (Å²) in [6, 6.07) is 14.2. The predicted octanol–water partition coefficient (Wildman–Crippen LogP) is 3.62. The van der Waals surface area contributed by atoms with E-state index in [0.717, 1.165) is 18.5 Å². The zero-order valence-corrected chi connectivity index (χ0v) is 15.9. The molecule has 1 aliphatic carbocycles. The quantitative estimate of drug-likeness (QED) is 0.759. The lowest BCUT2D eigenvalue weighted by molar-refractivity contribution is -0.126. The van der Waals surface area contributed by atoms with Crippen molar-refractivity contribution in [2.45, 2.75) is 25.9 Å². The van der Waals surface area contributed by atoms with E-state index in [4.69, 9.17) is 4.74 Å². The normalized spacial score (nSPS) is 15.7. The van der Waals surface area contributed by atoms with Crippen LogP contribution in [0.4, 0.5) is 5.69 Å². The van der Waals surface area contributed by atoms with Crippen LogP contribution in [0.25, 0.3) is 0 Å². The first-order valence-electron chi connectivity index (χ1n) is 9.13. The van der Waals surface area contributed by atoms with Gasteiger partial charge in [-0.2, -0.15) is 0 Å². The molecule has 2 aromatic rings. The molecule has 0 aliphatic heterocycles. The van der Waals surface area contributed by atoms with Crippen LogP contribution in [0, 0.1) is 11.8 Å². The number of hydrogen-bond donors (Lipinski definition) is 1.